The summed E-state index contributed by atoms with van der Waals surface area (Å²) in [4.78, 5) is 2.31. The first-order chi connectivity index (χ1) is 7.75. The summed E-state index contributed by atoms with van der Waals surface area (Å²) in [7, 11) is 2.16. The molecule has 0 spiro atoms. The van der Waals surface area contributed by atoms with Gasteiger partial charge in [0.05, 0.1) is 0 Å². The van der Waals surface area contributed by atoms with E-state index in [0.29, 0.717) is 0 Å². The third-order valence-corrected chi connectivity index (χ3v) is 2.86. The van der Waals surface area contributed by atoms with E-state index in [1.807, 2.05) is 0 Å². The highest BCUT2D eigenvalue weighted by Crippen LogP contribution is 2.16. The number of hydrogen-bond donors (Lipinski definition) is 1. The fourth-order valence-electron chi connectivity index (χ4n) is 1.79. The van der Waals surface area contributed by atoms with Crippen LogP contribution in [0.2, 0.25) is 0 Å². The molecule has 1 N–H and O–H groups in total. The SMILES string of the molecule is CCCCNCCN(C)c1ccccc1C. The molecule has 0 aromatic heterocycles. The summed E-state index contributed by atoms with van der Waals surface area (Å²) >= 11 is 0. The van der Waals surface area contributed by atoms with Gasteiger partial charge in [0.1, 0.15) is 0 Å². The summed E-state index contributed by atoms with van der Waals surface area (Å²) < 4.78 is 0. The zero-order valence-electron chi connectivity index (χ0n) is 10.8. The Bertz CT molecular complexity index is 297. The number of likely N-dealkylation sites (N-methyl/N-ethyl adjacent to an activating group) is 1. The first kappa shape index (κ1) is 13.0. The molecular weight excluding hydrogens is 196 g/mol. The van der Waals surface area contributed by atoms with E-state index in [4.69, 9.17) is 0 Å². The van der Waals surface area contributed by atoms with E-state index in [-0.39, 0.29) is 0 Å². The number of para-hydroxylation sites is 1. The Labute approximate surface area is 99.7 Å². The quantitative estimate of drug-likeness (QED) is 0.711. The Morgan fingerprint density at radius 1 is 1.19 bits per heavy atom. The minimum absolute atomic E-state index is 1.06. The van der Waals surface area contributed by atoms with Gasteiger partial charge >= 0.3 is 0 Å². The smallest absolute Gasteiger partial charge is 0.0393 e. The van der Waals surface area contributed by atoms with Crippen molar-refractivity contribution in [3.63, 3.8) is 0 Å². The van der Waals surface area contributed by atoms with Crippen molar-refractivity contribution >= 4 is 5.69 Å². The van der Waals surface area contributed by atoms with E-state index >= 15 is 0 Å². The predicted octanol–water partition coefficient (Wildman–Crippen LogP) is 2.82. The molecule has 0 aliphatic rings. The van der Waals surface area contributed by atoms with Crippen LogP contribution in [0.25, 0.3) is 0 Å². The third-order valence-electron chi connectivity index (χ3n) is 2.86. The Morgan fingerprint density at radius 2 is 1.94 bits per heavy atom. The number of nitrogens with zero attached hydrogens (tertiary/aromatic N) is 1. The molecule has 0 saturated carbocycles. The fraction of sp³-hybridized carbons (Fsp3) is 0.571. The molecule has 1 aromatic rings. The number of nitrogens with one attached hydrogen (secondary N) is 1. The van der Waals surface area contributed by atoms with Crippen LogP contribution in [0.1, 0.15) is 25.3 Å². The lowest BCUT2D eigenvalue weighted by molar-refractivity contribution is 0.637. The number of aryl methyl sites for hydroxylation is 1. The van der Waals surface area contributed by atoms with E-state index in [0.717, 1.165) is 19.6 Å². The predicted molar refractivity (Wildman–Crippen MR) is 72.2 cm³/mol. The number of rotatable bonds is 7. The molecule has 0 bridgehead atoms. The molecule has 0 amide bonds. The summed E-state index contributed by atoms with van der Waals surface area (Å²) in [6.07, 6.45) is 2.54. The van der Waals surface area contributed by atoms with Crippen molar-refractivity contribution in [2.75, 3.05) is 31.6 Å². The molecule has 0 aliphatic heterocycles. The first-order valence-corrected chi connectivity index (χ1v) is 6.23. The summed E-state index contributed by atoms with van der Waals surface area (Å²) in [5.41, 5.74) is 2.68. The van der Waals surface area contributed by atoms with Crippen molar-refractivity contribution in [1.82, 2.24) is 5.32 Å². The van der Waals surface area contributed by atoms with Gasteiger partial charge in [-0.15, -0.1) is 0 Å². The highest BCUT2D eigenvalue weighted by molar-refractivity contribution is 5.52. The lowest BCUT2D eigenvalue weighted by Crippen LogP contribution is -2.29. The second-order valence-electron chi connectivity index (χ2n) is 4.31. The molecule has 1 rings (SSSR count). The van der Waals surface area contributed by atoms with Gasteiger partial charge in [0.25, 0.3) is 0 Å². The van der Waals surface area contributed by atoms with Crippen molar-refractivity contribution in [1.29, 1.82) is 0 Å². The monoisotopic (exact) mass is 220 g/mol. The summed E-state index contributed by atoms with van der Waals surface area (Å²) in [5, 5.41) is 3.46. The largest absolute Gasteiger partial charge is 0.373 e. The van der Waals surface area contributed by atoms with Crippen LogP contribution in [-0.2, 0) is 0 Å². The van der Waals surface area contributed by atoms with Crippen LogP contribution in [0.5, 0.6) is 0 Å². The van der Waals surface area contributed by atoms with Gasteiger partial charge in [0.15, 0.2) is 0 Å². The van der Waals surface area contributed by atoms with Crippen LogP contribution in [0.4, 0.5) is 5.69 Å². The van der Waals surface area contributed by atoms with Gasteiger partial charge in [-0.05, 0) is 31.5 Å². The lowest BCUT2D eigenvalue weighted by atomic mass is 10.2. The zero-order valence-corrected chi connectivity index (χ0v) is 10.8. The summed E-state index contributed by atoms with van der Waals surface area (Å²) in [6, 6.07) is 8.53. The average molecular weight is 220 g/mol. The molecule has 0 radical (unpaired) electrons. The van der Waals surface area contributed by atoms with Gasteiger partial charge in [0.2, 0.25) is 0 Å². The molecular formula is C14H24N2. The minimum Gasteiger partial charge on any atom is -0.373 e. The van der Waals surface area contributed by atoms with E-state index in [1.165, 1.54) is 24.1 Å². The van der Waals surface area contributed by atoms with Gasteiger partial charge in [-0.2, -0.15) is 0 Å². The molecule has 90 valence electrons. The van der Waals surface area contributed by atoms with Crippen LogP contribution in [0.3, 0.4) is 0 Å². The molecule has 0 atom stereocenters. The van der Waals surface area contributed by atoms with Crippen LogP contribution >= 0.6 is 0 Å². The number of unbranched alkanes of at least 4 members (excludes halogenated alkanes) is 1. The maximum Gasteiger partial charge on any atom is 0.0393 e. The summed E-state index contributed by atoms with van der Waals surface area (Å²) in [6.45, 7) is 7.65. The zero-order chi connectivity index (χ0) is 11.8. The Balaban J connectivity index is 2.30. The normalized spacial score (nSPS) is 10.4. The standard InChI is InChI=1S/C14H24N2/c1-4-5-10-15-11-12-16(3)14-9-7-6-8-13(14)2/h6-9,15H,4-5,10-12H2,1-3H3. The van der Waals surface area contributed by atoms with Crippen LogP contribution in [0.15, 0.2) is 24.3 Å². The molecule has 0 heterocycles. The number of anilines is 1. The van der Waals surface area contributed by atoms with E-state index in [1.54, 1.807) is 0 Å². The second kappa shape index (κ2) is 7.29. The highest BCUT2D eigenvalue weighted by Gasteiger charge is 2.02. The van der Waals surface area contributed by atoms with Crippen LogP contribution in [0, 0.1) is 6.92 Å². The van der Waals surface area contributed by atoms with Gasteiger partial charge < -0.3 is 10.2 Å². The van der Waals surface area contributed by atoms with Gasteiger partial charge in [-0.1, -0.05) is 31.5 Å². The Hall–Kier alpha value is -1.02. The highest BCUT2D eigenvalue weighted by atomic mass is 15.1. The van der Waals surface area contributed by atoms with Crippen molar-refractivity contribution < 1.29 is 0 Å². The van der Waals surface area contributed by atoms with Gasteiger partial charge in [-0.25, -0.2) is 0 Å². The van der Waals surface area contributed by atoms with E-state index in [2.05, 4.69) is 55.4 Å². The topological polar surface area (TPSA) is 15.3 Å². The van der Waals surface area contributed by atoms with E-state index in [9.17, 15) is 0 Å². The number of hydrogen-bond acceptors (Lipinski definition) is 2. The third kappa shape index (κ3) is 4.23. The molecule has 0 fully saturated rings. The van der Waals surface area contributed by atoms with Crippen molar-refractivity contribution in [2.45, 2.75) is 26.7 Å². The number of benzene rings is 1. The Morgan fingerprint density at radius 3 is 2.62 bits per heavy atom. The molecule has 1 aromatic carbocycles. The van der Waals surface area contributed by atoms with Gasteiger partial charge in [0, 0.05) is 25.8 Å². The lowest BCUT2D eigenvalue weighted by Gasteiger charge is -2.21. The fourth-order valence-corrected chi connectivity index (χ4v) is 1.79. The molecule has 16 heavy (non-hydrogen) atoms. The van der Waals surface area contributed by atoms with Crippen molar-refractivity contribution in [3.05, 3.63) is 29.8 Å². The summed E-state index contributed by atoms with van der Waals surface area (Å²) in [5.74, 6) is 0. The van der Waals surface area contributed by atoms with Gasteiger partial charge in [-0.3, -0.25) is 0 Å². The van der Waals surface area contributed by atoms with Crippen molar-refractivity contribution in [3.8, 4) is 0 Å². The maximum absolute atomic E-state index is 3.46. The molecule has 2 nitrogen and oxygen atoms in total. The average Bonchev–Trinajstić information content (AvgIpc) is 2.29. The van der Waals surface area contributed by atoms with Crippen molar-refractivity contribution in [2.24, 2.45) is 0 Å². The van der Waals surface area contributed by atoms with E-state index < -0.39 is 0 Å². The molecule has 0 aliphatic carbocycles. The maximum atomic E-state index is 3.46. The minimum atomic E-state index is 1.06. The van der Waals surface area contributed by atoms with Crippen LogP contribution < -0.4 is 10.2 Å². The molecule has 0 unspecified atom stereocenters. The molecule has 2 heteroatoms. The first-order valence-electron chi connectivity index (χ1n) is 6.23. The Kier molecular flexibility index (Phi) is 5.94. The van der Waals surface area contributed by atoms with Crippen LogP contribution in [-0.4, -0.2) is 26.7 Å². The second-order valence-corrected chi connectivity index (χ2v) is 4.31. The molecule has 0 saturated heterocycles.